The summed E-state index contributed by atoms with van der Waals surface area (Å²) in [4.78, 5) is 5.62. The summed E-state index contributed by atoms with van der Waals surface area (Å²) < 4.78 is 25.6. The molecule has 0 bridgehead atoms. The quantitative estimate of drug-likeness (QED) is 0.601. The van der Waals surface area contributed by atoms with Gasteiger partial charge in [0, 0.05) is 39.3 Å². The van der Waals surface area contributed by atoms with Gasteiger partial charge in [0.15, 0.2) is 0 Å². The van der Waals surface area contributed by atoms with Crippen molar-refractivity contribution in [3.63, 3.8) is 0 Å². The molecule has 4 rings (SSSR count). The van der Waals surface area contributed by atoms with E-state index in [1.807, 2.05) is 31.2 Å². The van der Waals surface area contributed by atoms with Crippen LogP contribution < -0.4 is 0 Å². The highest BCUT2D eigenvalue weighted by atomic mass is 32.2. The van der Waals surface area contributed by atoms with E-state index in [0.717, 1.165) is 50.4 Å². The summed E-state index contributed by atoms with van der Waals surface area (Å²) in [5.74, 6) is 0. The molecule has 0 radical (unpaired) electrons. The van der Waals surface area contributed by atoms with Crippen LogP contribution in [0.3, 0.4) is 0 Å². The minimum Gasteiger partial charge on any atom is -0.297 e. The van der Waals surface area contributed by atoms with E-state index in [1.165, 1.54) is 5.56 Å². The highest BCUT2D eigenvalue weighted by molar-refractivity contribution is 7.91. The predicted octanol–water partition coefficient (Wildman–Crippen LogP) is 4.15. The van der Waals surface area contributed by atoms with E-state index in [2.05, 4.69) is 40.1 Å². The van der Waals surface area contributed by atoms with Crippen molar-refractivity contribution >= 4 is 9.84 Å². The average Bonchev–Trinajstić information content (AvgIpc) is 2.77. The van der Waals surface area contributed by atoms with Crippen molar-refractivity contribution in [3.05, 3.63) is 95.6 Å². The molecule has 1 heterocycles. The van der Waals surface area contributed by atoms with Crippen LogP contribution in [0.4, 0.5) is 0 Å². The Morgan fingerprint density at radius 1 is 0.633 bits per heavy atom. The maximum Gasteiger partial charge on any atom is 0.206 e. The van der Waals surface area contributed by atoms with Crippen LogP contribution in [0.25, 0.3) is 0 Å². The third-order valence-corrected chi connectivity index (χ3v) is 7.47. The lowest BCUT2D eigenvalue weighted by atomic mass is 10.1. The minimum absolute atomic E-state index is 0.343. The fourth-order valence-electron chi connectivity index (χ4n) is 3.83. The van der Waals surface area contributed by atoms with Gasteiger partial charge < -0.3 is 0 Å². The molecule has 0 saturated carbocycles. The van der Waals surface area contributed by atoms with Gasteiger partial charge in [-0.25, -0.2) is 8.42 Å². The summed E-state index contributed by atoms with van der Waals surface area (Å²) in [6.07, 6.45) is 0. The molecule has 156 valence electrons. The number of aryl methyl sites for hydroxylation is 1. The SMILES string of the molecule is Cc1ccc(S(=O)(=O)c2ccc(CN3CCN(Cc4ccccc4)CC3)cc2)cc1. The Kier molecular flexibility index (Phi) is 6.32. The number of hydrogen-bond donors (Lipinski definition) is 0. The predicted molar refractivity (Wildman–Crippen MR) is 120 cm³/mol. The topological polar surface area (TPSA) is 40.6 Å². The monoisotopic (exact) mass is 420 g/mol. The first-order valence-corrected chi connectivity index (χ1v) is 11.9. The molecule has 0 N–H and O–H groups in total. The van der Waals surface area contributed by atoms with Gasteiger partial charge in [-0.2, -0.15) is 0 Å². The van der Waals surface area contributed by atoms with Gasteiger partial charge in [-0.15, -0.1) is 0 Å². The molecule has 3 aromatic carbocycles. The van der Waals surface area contributed by atoms with Crippen LogP contribution in [0.5, 0.6) is 0 Å². The van der Waals surface area contributed by atoms with Crippen molar-refractivity contribution in [2.75, 3.05) is 26.2 Å². The molecule has 1 saturated heterocycles. The molecule has 0 aliphatic carbocycles. The third kappa shape index (κ3) is 4.98. The average molecular weight is 421 g/mol. The molecular formula is C25H28N2O2S. The maximum absolute atomic E-state index is 12.8. The fourth-order valence-corrected chi connectivity index (χ4v) is 5.09. The van der Waals surface area contributed by atoms with Crippen LogP contribution in [-0.4, -0.2) is 44.4 Å². The molecule has 0 amide bonds. The zero-order chi connectivity index (χ0) is 21.0. The minimum atomic E-state index is -3.46. The lowest BCUT2D eigenvalue weighted by Gasteiger charge is -2.34. The Labute approximate surface area is 179 Å². The Hall–Kier alpha value is -2.47. The first kappa shape index (κ1) is 20.8. The molecule has 0 atom stereocenters. The fraction of sp³-hybridized carbons (Fsp3) is 0.280. The summed E-state index contributed by atoms with van der Waals surface area (Å²) >= 11 is 0. The van der Waals surface area contributed by atoms with Crippen molar-refractivity contribution in [2.45, 2.75) is 29.8 Å². The smallest absolute Gasteiger partial charge is 0.206 e. The van der Waals surface area contributed by atoms with Crippen molar-refractivity contribution in [1.29, 1.82) is 0 Å². The molecular weight excluding hydrogens is 392 g/mol. The van der Waals surface area contributed by atoms with Crippen molar-refractivity contribution in [2.24, 2.45) is 0 Å². The van der Waals surface area contributed by atoms with E-state index in [1.54, 1.807) is 24.3 Å². The second-order valence-electron chi connectivity index (χ2n) is 8.00. The molecule has 0 spiro atoms. The van der Waals surface area contributed by atoms with Gasteiger partial charge in [0.1, 0.15) is 0 Å². The standard InChI is InChI=1S/C25H28N2O2S/c1-21-7-11-24(12-8-21)30(28,29)25-13-9-23(10-14-25)20-27-17-15-26(16-18-27)19-22-5-3-2-4-6-22/h2-14H,15-20H2,1H3. The van der Waals surface area contributed by atoms with E-state index < -0.39 is 9.84 Å². The number of benzene rings is 3. The highest BCUT2D eigenvalue weighted by Gasteiger charge is 2.19. The summed E-state index contributed by atoms with van der Waals surface area (Å²) in [5.41, 5.74) is 3.55. The third-order valence-electron chi connectivity index (χ3n) is 5.69. The van der Waals surface area contributed by atoms with Gasteiger partial charge in [-0.05, 0) is 42.3 Å². The zero-order valence-corrected chi connectivity index (χ0v) is 18.2. The Bertz CT molecular complexity index is 1050. The molecule has 3 aromatic rings. The van der Waals surface area contributed by atoms with Crippen molar-refractivity contribution in [1.82, 2.24) is 9.80 Å². The second-order valence-corrected chi connectivity index (χ2v) is 9.95. The highest BCUT2D eigenvalue weighted by Crippen LogP contribution is 2.22. The molecule has 0 unspecified atom stereocenters. The molecule has 1 aliphatic rings. The van der Waals surface area contributed by atoms with Crippen molar-refractivity contribution < 1.29 is 8.42 Å². The molecule has 1 aliphatic heterocycles. The van der Waals surface area contributed by atoms with Crippen LogP contribution in [0.1, 0.15) is 16.7 Å². The number of piperazine rings is 1. The van der Waals surface area contributed by atoms with Crippen LogP contribution in [0.15, 0.2) is 88.7 Å². The van der Waals surface area contributed by atoms with Gasteiger partial charge in [0.25, 0.3) is 0 Å². The van der Waals surface area contributed by atoms with Gasteiger partial charge in [-0.3, -0.25) is 9.80 Å². The van der Waals surface area contributed by atoms with Gasteiger partial charge in [0.05, 0.1) is 9.79 Å². The zero-order valence-electron chi connectivity index (χ0n) is 17.4. The van der Waals surface area contributed by atoms with Crippen LogP contribution in [-0.2, 0) is 22.9 Å². The van der Waals surface area contributed by atoms with Gasteiger partial charge >= 0.3 is 0 Å². The first-order valence-electron chi connectivity index (χ1n) is 10.4. The number of rotatable bonds is 6. The summed E-state index contributed by atoms with van der Waals surface area (Å²) in [6.45, 7) is 7.95. The molecule has 30 heavy (non-hydrogen) atoms. The van der Waals surface area contributed by atoms with Gasteiger partial charge in [-0.1, -0.05) is 60.2 Å². The summed E-state index contributed by atoms with van der Waals surface area (Å²) in [6, 6.07) is 25.0. The Morgan fingerprint density at radius 3 is 1.57 bits per heavy atom. The summed E-state index contributed by atoms with van der Waals surface area (Å²) in [5, 5.41) is 0. The van der Waals surface area contributed by atoms with E-state index in [-0.39, 0.29) is 0 Å². The van der Waals surface area contributed by atoms with E-state index >= 15 is 0 Å². The Balaban J connectivity index is 1.33. The lowest BCUT2D eigenvalue weighted by molar-refractivity contribution is 0.122. The first-order chi connectivity index (χ1) is 14.5. The second kappa shape index (κ2) is 9.13. The van der Waals surface area contributed by atoms with Crippen LogP contribution >= 0.6 is 0 Å². The van der Waals surface area contributed by atoms with Gasteiger partial charge in [0.2, 0.25) is 9.84 Å². The van der Waals surface area contributed by atoms with Crippen LogP contribution in [0.2, 0.25) is 0 Å². The molecule has 5 heteroatoms. The molecule has 1 fully saturated rings. The Morgan fingerprint density at radius 2 is 1.07 bits per heavy atom. The van der Waals surface area contributed by atoms with E-state index in [4.69, 9.17) is 0 Å². The molecule has 4 nitrogen and oxygen atoms in total. The summed E-state index contributed by atoms with van der Waals surface area (Å²) in [7, 11) is -3.46. The number of nitrogens with zero attached hydrogens (tertiary/aromatic N) is 2. The largest absolute Gasteiger partial charge is 0.297 e. The normalized spacial score (nSPS) is 15.9. The van der Waals surface area contributed by atoms with Crippen LogP contribution in [0, 0.1) is 6.92 Å². The number of hydrogen-bond acceptors (Lipinski definition) is 4. The lowest BCUT2D eigenvalue weighted by Crippen LogP contribution is -2.45. The molecule has 0 aromatic heterocycles. The number of sulfone groups is 1. The van der Waals surface area contributed by atoms with E-state index in [0.29, 0.717) is 9.79 Å². The maximum atomic E-state index is 12.8. The van der Waals surface area contributed by atoms with E-state index in [9.17, 15) is 8.42 Å². The van der Waals surface area contributed by atoms with Crippen molar-refractivity contribution in [3.8, 4) is 0 Å².